The van der Waals surface area contributed by atoms with Crippen LogP contribution in [0.4, 0.5) is 10.6 Å². The van der Waals surface area contributed by atoms with Crippen LogP contribution >= 0.6 is 0 Å². The molecule has 0 atom stereocenters. The quantitative estimate of drug-likeness (QED) is 0.447. The minimum absolute atomic E-state index is 0.104. The van der Waals surface area contributed by atoms with Gasteiger partial charge in [-0.05, 0) is 61.8 Å². The first-order valence-electron chi connectivity index (χ1n) is 13.0. The fourth-order valence-corrected chi connectivity index (χ4v) is 5.23. The number of rotatable bonds is 7. The van der Waals surface area contributed by atoms with Crippen LogP contribution in [0, 0.1) is 11.8 Å². The molecule has 1 aliphatic carbocycles. The van der Waals surface area contributed by atoms with Gasteiger partial charge in [-0.15, -0.1) is 0 Å². The summed E-state index contributed by atoms with van der Waals surface area (Å²) in [6.45, 7) is 4.18. The van der Waals surface area contributed by atoms with E-state index in [-0.39, 0.29) is 5.91 Å². The van der Waals surface area contributed by atoms with Gasteiger partial charge in [-0.25, -0.2) is 14.8 Å². The maximum atomic E-state index is 13.3. The Morgan fingerprint density at radius 2 is 1.68 bits per heavy atom. The summed E-state index contributed by atoms with van der Waals surface area (Å²) in [5.41, 5.74) is 2.97. The number of nitrogens with zero attached hydrogens (tertiary/aromatic N) is 3. The van der Waals surface area contributed by atoms with Crippen LogP contribution in [0.1, 0.15) is 36.0 Å². The molecular formula is C28H33N5O4. The predicted octanol–water partition coefficient (Wildman–Crippen LogP) is 3.94. The second kappa shape index (κ2) is 11.6. The van der Waals surface area contributed by atoms with Gasteiger partial charge in [-0.2, -0.15) is 0 Å². The second-order valence-corrected chi connectivity index (χ2v) is 9.86. The van der Waals surface area contributed by atoms with Crippen molar-refractivity contribution in [3.63, 3.8) is 0 Å². The van der Waals surface area contributed by atoms with E-state index in [4.69, 9.17) is 14.8 Å². The van der Waals surface area contributed by atoms with E-state index in [0.717, 1.165) is 66.8 Å². The van der Waals surface area contributed by atoms with Gasteiger partial charge in [0.25, 0.3) is 5.91 Å². The van der Waals surface area contributed by atoms with E-state index in [9.17, 15) is 9.59 Å². The Morgan fingerprint density at radius 1 is 0.973 bits per heavy atom. The Balaban J connectivity index is 1.27. The van der Waals surface area contributed by atoms with Crippen molar-refractivity contribution in [1.29, 1.82) is 0 Å². The van der Waals surface area contributed by atoms with Crippen molar-refractivity contribution in [2.45, 2.75) is 25.7 Å². The summed E-state index contributed by atoms with van der Waals surface area (Å²) >= 11 is 0. The van der Waals surface area contributed by atoms with Crippen molar-refractivity contribution < 1.29 is 19.4 Å². The molecule has 0 radical (unpaired) electrons. The Bertz CT molecular complexity index is 1240. The number of aromatic nitrogens is 2. The van der Waals surface area contributed by atoms with Gasteiger partial charge in [0.2, 0.25) is 0 Å². The summed E-state index contributed by atoms with van der Waals surface area (Å²) in [7, 11) is 0. The number of hydrogen-bond acceptors (Lipinski definition) is 6. The SMILES string of the molecule is O=C(O)NC[C@H]1CC[C@H](CNC(=O)c2cc(-c3ccc(N4CCOCC4)nc3)nc3ccccc23)CC1. The zero-order chi connectivity index (χ0) is 25.6. The van der Waals surface area contributed by atoms with E-state index < -0.39 is 6.09 Å². The maximum absolute atomic E-state index is 13.3. The third kappa shape index (κ3) is 6.17. The molecule has 3 heterocycles. The van der Waals surface area contributed by atoms with Gasteiger partial charge in [-0.3, -0.25) is 4.79 Å². The van der Waals surface area contributed by atoms with Crippen LogP contribution in [0.2, 0.25) is 0 Å². The van der Waals surface area contributed by atoms with Gasteiger partial charge in [0.1, 0.15) is 5.82 Å². The third-order valence-corrected chi connectivity index (χ3v) is 7.40. The van der Waals surface area contributed by atoms with Gasteiger partial charge in [0.05, 0.1) is 30.0 Å². The first kappa shape index (κ1) is 25.0. The number of nitrogens with one attached hydrogen (secondary N) is 2. The molecule has 1 aliphatic heterocycles. The lowest BCUT2D eigenvalue weighted by molar-refractivity contribution is 0.0942. The van der Waals surface area contributed by atoms with E-state index in [0.29, 0.717) is 43.7 Å². The van der Waals surface area contributed by atoms with Crippen molar-refractivity contribution in [3.05, 3.63) is 54.2 Å². The van der Waals surface area contributed by atoms with Crippen LogP contribution in [0.5, 0.6) is 0 Å². The van der Waals surface area contributed by atoms with E-state index in [1.165, 1.54) is 0 Å². The normalized spacial score (nSPS) is 19.9. The number of anilines is 1. The average molecular weight is 504 g/mol. The number of morpholine rings is 1. The highest BCUT2D eigenvalue weighted by Crippen LogP contribution is 2.29. The second-order valence-electron chi connectivity index (χ2n) is 9.86. The summed E-state index contributed by atoms with van der Waals surface area (Å²) in [6.07, 6.45) is 4.75. The number of carbonyl (C=O) groups is 2. The van der Waals surface area contributed by atoms with Gasteiger partial charge in [0, 0.05) is 43.3 Å². The molecule has 2 fully saturated rings. The van der Waals surface area contributed by atoms with Crippen molar-refractivity contribution in [3.8, 4) is 11.3 Å². The number of ether oxygens (including phenoxy) is 1. The molecule has 9 heteroatoms. The summed E-state index contributed by atoms with van der Waals surface area (Å²) in [6, 6.07) is 13.6. The topological polar surface area (TPSA) is 117 Å². The highest BCUT2D eigenvalue weighted by atomic mass is 16.5. The molecular weight excluding hydrogens is 470 g/mol. The lowest BCUT2D eigenvalue weighted by atomic mass is 9.82. The van der Waals surface area contributed by atoms with Gasteiger partial charge >= 0.3 is 6.09 Å². The fourth-order valence-electron chi connectivity index (χ4n) is 5.23. The summed E-state index contributed by atoms with van der Waals surface area (Å²) in [4.78, 5) is 35.7. The number of benzene rings is 1. The molecule has 2 aromatic heterocycles. The molecule has 1 saturated heterocycles. The molecule has 3 N–H and O–H groups in total. The number of amides is 2. The molecule has 2 amide bonds. The molecule has 5 rings (SSSR count). The van der Waals surface area contributed by atoms with E-state index in [1.54, 1.807) is 0 Å². The predicted molar refractivity (Wildman–Crippen MR) is 142 cm³/mol. The fraction of sp³-hybridized carbons (Fsp3) is 0.429. The molecule has 2 aliphatic rings. The first-order valence-corrected chi connectivity index (χ1v) is 13.0. The Kier molecular flexibility index (Phi) is 7.79. The number of carbonyl (C=O) groups excluding carboxylic acids is 1. The number of carboxylic acid groups (broad SMARTS) is 1. The molecule has 194 valence electrons. The largest absolute Gasteiger partial charge is 0.465 e. The minimum atomic E-state index is -0.970. The highest BCUT2D eigenvalue weighted by Gasteiger charge is 2.23. The Hall–Kier alpha value is -3.72. The Morgan fingerprint density at radius 3 is 2.35 bits per heavy atom. The lowest BCUT2D eigenvalue weighted by Crippen LogP contribution is -2.36. The van der Waals surface area contributed by atoms with Crippen molar-refractivity contribution in [2.75, 3.05) is 44.3 Å². The van der Waals surface area contributed by atoms with Gasteiger partial charge < -0.3 is 25.4 Å². The van der Waals surface area contributed by atoms with Crippen LogP contribution in [0.3, 0.4) is 0 Å². The summed E-state index contributed by atoms with van der Waals surface area (Å²) < 4.78 is 5.43. The zero-order valence-corrected chi connectivity index (χ0v) is 20.9. The van der Waals surface area contributed by atoms with Crippen molar-refractivity contribution in [1.82, 2.24) is 20.6 Å². The molecule has 1 aromatic carbocycles. The number of hydrogen-bond donors (Lipinski definition) is 3. The molecule has 0 spiro atoms. The van der Waals surface area contributed by atoms with Gasteiger partial charge in [0.15, 0.2) is 0 Å². The monoisotopic (exact) mass is 503 g/mol. The Labute approximate surface area is 216 Å². The van der Waals surface area contributed by atoms with Crippen LogP contribution in [0.25, 0.3) is 22.2 Å². The number of fused-ring (bicyclic) bond motifs is 1. The molecule has 0 bridgehead atoms. The van der Waals surface area contributed by atoms with Gasteiger partial charge in [-0.1, -0.05) is 18.2 Å². The third-order valence-electron chi connectivity index (χ3n) is 7.40. The maximum Gasteiger partial charge on any atom is 0.404 e. The lowest BCUT2D eigenvalue weighted by Gasteiger charge is -2.28. The van der Waals surface area contributed by atoms with Crippen molar-refractivity contribution in [2.24, 2.45) is 11.8 Å². The molecule has 3 aromatic rings. The highest BCUT2D eigenvalue weighted by molar-refractivity contribution is 6.07. The minimum Gasteiger partial charge on any atom is -0.465 e. The zero-order valence-electron chi connectivity index (χ0n) is 20.9. The number of pyridine rings is 2. The standard InChI is InChI=1S/C28H33N5O4/c34-27(30-16-19-5-7-20(8-6-19)17-31-28(35)36)23-15-25(32-24-4-2-1-3-22(23)24)21-9-10-26(29-18-21)33-11-13-37-14-12-33/h1-4,9-10,15,18-20,31H,5-8,11-14,16-17H2,(H,30,34)(H,35,36)/t19-,20-. The van der Waals surface area contributed by atoms with Crippen LogP contribution in [-0.4, -0.2) is 66.5 Å². The van der Waals surface area contributed by atoms with Crippen LogP contribution in [0.15, 0.2) is 48.7 Å². The molecule has 1 saturated carbocycles. The molecule has 0 unspecified atom stereocenters. The number of para-hydroxylation sites is 1. The molecule has 9 nitrogen and oxygen atoms in total. The van der Waals surface area contributed by atoms with Crippen molar-refractivity contribution >= 4 is 28.7 Å². The van der Waals surface area contributed by atoms with Crippen LogP contribution < -0.4 is 15.5 Å². The van der Waals surface area contributed by atoms with E-state index in [1.807, 2.05) is 48.7 Å². The molecule has 37 heavy (non-hydrogen) atoms. The smallest absolute Gasteiger partial charge is 0.404 e. The van der Waals surface area contributed by atoms with E-state index >= 15 is 0 Å². The first-order chi connectivity index (χ1) is 18.1. The van der Waals surface area contributed by atoms with Crippen LogP contribution in [-0.2, 0) is 4.74 Å². The average Bonchev–Trinajstić information content (AvgIpc) is 2.95. The summed E-state index contributed by atoms with van der Waals surface area (Å²) in [5.74, 6) is 1.58. The van der Waals surface area contributed by atoms with E-state index in [2.05, 4.69) is 20.5 Å². The summed E-state index contributed by atoms with van der Waals surface area (Å²) in [5, 5.41) is 15.3.